The lowest BCUT2D eigenvalue weighted by molar-refractivity contribution is -0.148. The van der Waals surface area contributed by atoms with Gasteiger partial charge in [0.25, 0.3) is 5.91 Å². The van der Waals surface area contributed by atoms with Crippen LogP contribution in [0.15, 0.2) is 30.4 Å². The van der Waals surface area contributed by atoms with Crippen LogP contribution in [0.25, 0.3) is 0 Å². The van der Waals surface area contributed by atoms with Crippen LogP contribution in [-0.4, -0.2) is 41.7 Å². The predicted octanol–water partition coefficient (Wildman–Crippen LogP) is 2.47. The van der Waals surface area contributed by atoms with Gasteiger partial charge in [-0.15, -0.1) is 0 Å². The molecule has 3 rings (SSSR count). The van der Waals surface area contributed by atoms with Crippen LogP contribution in [0.1, 0.15) is 24.8 Å². The van der Waals surface area contributed by atoms with Crippen molar-refractivity contribution >= 4 is 41.0 Å². The molecule has 0 unspecified atom stereocenters. The lowest BCUT2D eigenvalue weighted by Gasteiger charge is -2.14. The fourth-order valence-corrected chi connectivity index (χ4v) is 3.70. The minimum absolute atomic E-state index is 0.0328. The number of esters is 1. The first-order valence-electron chi connectivity index (χ1n) is 9.08. The number of hydrogen-bond acceptors (Lipinski definition) is 5. The zero-order valence-electron chi connectivity index (χ0n) is 15.4. The third-order valence-electron chi connectivity index (χ3n) is 4.90. The molecular formula is C20H21ClN2O5. The summed E-state index contributed by atoms with van der Waals surface area (Å²) in [7, 11) is 0. The van der Waals surface area contributed by atoms with Crippen molar-refractivity contribution in [2.24, 2.45) is 11.8 Å². The molecule has 7 nitrogen and oxygen atoms in total. The van der Waals surface area contributed by atoms with Crippen molar-refractivity contribution in [2.45, 2.75) is 26.2 Å². The summed E-state index contributed by atoms with van der Waals surface area (Å²) in [5.41, 5.74) is 1.38. The average Bonchev–Trinajstić information content (AvgIpc) is 2.91. The summed E-state index contributed by atoms with van der Waals surface area (Å²) in [5, 5.41) is 2.95. The summed E-state index contributed by atoms with van der Waals surface area (Å²) in [6.45, 7) is 1.37. The van der Waals surface area contributed by atoms with E-state index >= 15 is 0 Å². The molecule has 0 saturated carbocycles. The SMILES string of the molecule is Cc1ccc(NC(=O)COC(=O)CCN2C(=O)[C@@H]3CC=CC[C@H]3C2=O)c(Cl)c1. The fraction of sp³-hybridized carbons (Fsp3) is 0.400. The number of allylic oxidation sites excluding steroid dienone is 2. The summed E-state index contributed by atoms with van der Waals surface area (Å²) in [5.74, 6) is -2.29. The Bertz CT molecular complexity index is 825. The first-order valence-corrected chi connectivity index (χ1v) is 9.46. The summed E-state index contributed by atoms with van der Waals surface area (Å²) in [4.78, 5) is 49.6. The molecule has 28 heavy (non-hydrogen) atoms. The van der Waals surface area contributed by atoms with Gasteiger partial charge < -0.3 is 10.1 Å². The van der Waals surface area contributed by atoms with Crippen molar-refractivity contribution in [2.75, 3.05) is 18.5 Å². The van der Waals surface area contributed by atoms with E-state index in [2.05, 4.69) is 5.32 Å². The van der Waals surface area contributed by atoms with Gasteiger partial charge in [0, 0.05) is 6.54 Å². The van der Waals surface area contributed by atoms with Gasteiger partial charge >= 0.3 is 5.97 Å². The highest BCUT2D eigenvalue weighted by atomic mass is 35.5. The number of nitrogens with one attached hydrogen (secondary N) is 1. The number of anilines is 1. The molecule has 1 aromatic carbocycles. The molecule has 0 spiro atoms. The second kappa shape index (κ2) is 8.56. The number of amides is 3. The van der Waals surface area contributed by atoms with Crippen molar-refractivity contribution in [3.05, 3.63) is 40.9 Å². The standard InChI is InChI=1S/C20H21ClN2O5/c1-12-6-7-16(15(21)10-12)22-17(24)11-28-18(25)8-9-23-19(26)13-4-2-3-5-14(13)20(23)27/h2-3,6-7,10,13-14H,4-5,8-9,11H2,1H3,(H,22,24)/t13-,14-/m1/s1. The number of fused-ring (bicyclic) bond motifs is 1. The van der Waals surface area contributed by atoms with E-state index in [0.29, 0.717) is 23.6 Å². The summed E-state index contributed by atoms with van der Waals surface area (Å²) in [6.07, 6.45) is 4.77. The number of nitrogens with zero attached hydrogens (tertiary/aromatic N) is 1. The number of halogens is 1. The number of imide groups is 1. The second-order valence-electron chi connectivity index (χ2n) is 6.93. The predicted molar refractivity (Wildman–Crippen MR) is 102 cm³/mol. The normalized spacial score (nSPS) is 20.9. The van der Waals surface area contributed by atoms with E-state index < -0.39 is 18.5 Å². The molecular weight excluding hydrogens is 384 g/mol. The van der Waals surface area contributed by atoms with Crippen molar-refractivity contribution in [1.82, 2.24) is 4.90 Å². The Balaban J connectivity index is 1.44. The third-order valence-corrected chi connectivity index (χ3v) is 5.21. The number of carbonyl (C=O) groups excluding carboxylic acids is 4. The molecule has 0 radical (unpaired) electrons. The van der Waals surface area contributed by atoms with E-state index in [1.807, 2.05) is 19.1 Å². The first kappa shape index (κ1) is 20.1. The molecule has 1 aromatic rings. The van der Waals surface area contributed by atoms with Crippen LogP contribution in [0.3, 0.4) is 0 Å². The molecule has 1 saturated heterocycles. The van der Waals surface area contributed by atoms with Gasteiger partial charge in [-0.25, -0.2) is 0 Å². The Labute approximate surface area is 167 Å². The molecule has 1 N–H and O–H groups in total. The van der Waals surface area contributed by atoms with E-state index in [9.17, 15) is 19.2 Å². The van der Waals surface area contributed by atoms with Gasteiger partial charge in [0.2, 0.25) is 11.8 Å². The number of benzene rings is 1. The number of aryl methyl sites for hydroxylation is 1. The van der Waals surface area contributed by atoms with Crippen LogP contribution >= 0.6 is 11.6 Å². The molecule has 2 aliphatic rings. The Morgan fingerprint density at radius 3 is 2.43 bits per heavy atom. The molecule has 148 valence electrons. The van der Waals surface area contributed by atoms with Gasteiger partial charge in [-0.05, 0) is 37.5 Å². The second-order valence-corrected chi connectivity index (χ2v) is 7.33. The number of rotatable bonds is 6. The van der Waals surface area contributed by atoms with Gasteiger partial charge in [0.1, 0.15) is 0 Å². The van der Waals surface area contributed by atoms with Crippen LogP contribution in [0.5, 0.6) is 0 Å². The molecule has 1 aliphatic heterocycles. The quantitative estimate of drug-likeness (QED) is 0.446. The van der Waals surface area contributed by atoms with Crippen LogP contribution < -0.4 is 5.32 Å². The summed E-state index contributed by atoms with van der Waals surface area (Å²) >= 11 is 6.04. The maximum Gasteiger partial charge on any atom is 0.308 e. The van der Waals surface area contributed by atoms with Crippen molar-refractivity contribution in [3.8, 4) is 0 Å². The molecule has 0 aromatic heterocycles. The minimum atomic E-state index is -0.654. The minimum Gasteiger partial charge on any atom is -0.456 e. The van der Waals surface area contributed by atoms with Crippen molar-refractivity contribution < 1.29 is 23.9 Å². The Hall–Kier alpha value is -2.67. The molecule has 8 heteroatoms. The molecule has 1 heterocycles. The lowest BCUT2D eigenvalue weighted by Crippen LogP contribution is -2.33. The summed E-state index contributed by atoms with van der Waals surface area (Å²) < 4.78 is 4.93. The highest BCUT2D eigenvalue weighted by molar-refractivity contribution is 6.33. The number of ether oxygens (including phenoxy) is 1. The number of carbonyl (C=O) groups is 4. The van der Waals surface area contributed by atoms with E-state index in [1.165, 1.54) is 0 Å². The molecule has 2 atom stereocenters. The maximum absolute atomic E-state index is 12.3. The van der Waals surface area contributed by atoms with Gasteiger partial charge in [-0.3, -0.25) is 24.1 Å². The zero-order chi connectivity index (χ0) is 20.3. The molecule has 3 amide bonds. The largest absolute Gasteiger partial charge is 0.456 e. The molecule has 1 aliphatic carbocycles. The summed E-state index contributed by atoms with van der Waals surface area (Å²) in [6, 6.07) is 5.17. The van der Waals surface area contributed by atoms with E-state index in [4.69, 9.17) is 16.3 Å². The third kappa shape index (κ3) is 4.42. The van der Waals surface area contributed by atoms with Crippen molar-refractivity contribution in [3.63, 3.8) is 0 Å². The van der Waals surface area contributed by atoms with Gasteiger partial charge in [0.15, 0.2) is 6.61 Å². The Morgan fingerprint density at radius 1 is 1.18 bits per heavy atom. The van der Waals surface area contributed by atoms with E-state index in [1.54, 1.807) is 18.2 Å². The molecule has 0 bridgehead atoms. The van der Waals surface area contributed by atoms with Gasteiger partial charge in [-0.2, -0.15) is 0 Å². The highest BCUT2D eigenvalue weighted by Crippen LogP contribution is 2.35. The van der Waals surface area contributed by atoms with Crippen molar-refractivity contribution in [1.29, 1.82) is 0 Å². The smallest absolute Gasteiger partial charge is 0.308 e. The Kier molecular flexibility index (Phi) is 6.14. The molecule has 1 fully saturated rings. The van der Waals surface area contributed by atoms with E-state index in [-0.39, 0.29) is 36.6 Å². The number of likely N-dealkylation sites (tertiary alicyclic amines) is 1. The van der Waals surface area contributed by atoms with Crippen LogP contribution in [0.2, 0.25) is 5.02 Å². The fourth-order valence-electron chi connectivity index (χ4n) is 3.42. The van der Waals surface area contributed by atoms with Crippen LogP contribution in [0, 0.1) is 18.8 Å². The highest BCUT2D eigenvalue weighted by Gasteiger charge is 2.46. The monoisotopic (exact) mass is 404 g/mol. The van der Waals surface area contributed by atoms with Gasteiger partial charge in [0.05, 0.1) is 29.0 Å². The van der Waals surface area contributed by atoms with E-state index in [0.717, 1.165) is 10.5 Å². The Morgan fingerprint density at radius 2 is 1.82 bits per heavy atom. The number of hydrogen-bond donors (Lipinski definition) is 1. The maximum atomic E-state index is 12.3. The first-order chi connectivity index (χ1) is 13.4. The van der Waals surface area contributed by atoms with Gasteiger partial charge in [-0.1, -0.05) is 29.8 Å². The topological polar surface area (TPSA) is 92.8 Å². The lowest BCUT2D eigenvalue weighted by atomic mass is 9.85. The van der Waals surface area contributed by atoms with Crippen LogP contribution in [0.4, 0.5) is 5.69 Å². The average molecular weight is 405 g/mol. The zero-order valence-corrected chi connectivity index (χ0v) is 16.2. The van der Waals surface area contributed by atoms with Crippen LogP contribution in [-0.2, 0) is 23.9 Å².